The van der Waals surface area contributed by atoms with Crippen molar-refractivity contribution in [2.45, 2.75) is 37.5 Å². The van der Waals surface area contributed by atoms with E-state index in [1.807, 2.05) is 31.2 Å². The Kier molecular flexibility index (Phi) is 5.18. The molecule has 144 valence electrons. The van der Waals surface area contributed by atoms with Gasteiger partial charge in [-0.05, 0) is 50.2 Å². The quantitative estimate of drug-likeness (QED) is 0.363. The van der Waals surface area contributed by atoms with Crippen molar-refractivity contribution in [3.8, 4) is 0 Å². The maximum absolute atomic E-state index is 13.1. The largest absolute Gasteiger partial charge is 0.383 e. The molecule has 0 N–H and O–H groups in total. The van der Waals surface area contributed by atoms with E-state index in [1.165, 1.54) is 22.2 Å². The van der Waals surface area contributed by atoms with E-state index in [1.54, 1.807) is 23.0 Å². The molecule has 4 aromatic rings. The predicted molar refractivity (Wildman–Crippen MR) is 114 cm³/mol. The number of nitrogens with zero attached hydrogens (tertiary/aromatic N) is 4. The second-order valence-corrected chi connectivity index (χ2v) is 8.66. The lowest BCUT2D eigenvalue weighted by molar-refractivity contribution is 0.183. The minimum atomic E-state index is -0.0645. The standard InChI is InChI=1S/C20H20N4O2S2/c1-11-12(2)27-17-16(11)18(22-13(3)21-17)28-20-23-15-8-6-5-7-14(15)19(25)24(20)9-10-26-4/h5-8H,9-10H2,1-4H3. The van der Waals surface area contributed by atoms with Crippen molar-refractivity contribution in [2.75, 3.05) is 13.7 Å². The van der Waals surface area contributed by atoms with Crippen molar-refractivity contribution in [2.24, 2.45) is 0 Å². The summed E-state index contributed by atoms with van der Waals surface area (Å²) in [6.07, 6.45) is 0. The first kappa shape index (κ1) is 19.0. The van der Waals surface area contributed by atoms with Gasteiger partial charge in [0.25, 0.3) is 5.56 Å². The molecule has 3 heterocycles. The summed E-state index contributed by atoms with van der Waals surface area (Å²) in [5.41, 5.74) is 1.79. The van der Waals surface area contributed by atoms with Crippen molar-refractivity contribution in [3.05, 3.63) is 50.9 Å². The Morgan fingerprint density at radius 1 is 1.14 bits per heavy atom. The highest BCUT2D eigenvalue weighted by atomic mass is 32.2. The Morgan fingerprint density at radius 2 is 1.93 bits per heavy atom. The summed E-state index contributed by atoms with van der Waals surface area (Å²) in [6.45, 7) is 6.93. The first-order valence-corrected chi connectivity index (χ1v) is 10.5. The van der Waals surface area contributed by atoms with E-state index in [4.69, 9.17) is 9.72 Å². The topological polar surface area (TPSA) is 69.9 Å². The molecule has 0 spiro atoms. The summed E-state index contributed by atoms with van der Waals surface area (Å²) in [5, 5.41) is 3.09. The van der Waals surface area contributed by atoms with Gasteiger partial charge in [0.05, 0.1) is 24.1 Å². The van der Waals surface area contributed by atoms with Crippen LogP contribution >= 0.6 is 23.1 Å². The van der Waals surface area contributed by atoms with Crippen LogP contribution in [0.3, 0.4) is 0 Å². The number of rotatable bonds is 5. The van der Waals surface area contributed by atoms with E-state index in [-0.39, 0.29) is 5.56 Å². The lowest BCUT2D eigenvalue weighted by atomic mass is 10.2. The molecule has 0 saturated heterocycles. The van der Waals surface area contributed by atoms with E-state index in [9.17, 15) is 4.79 Å². The van der Waals surface area contributed by atoms with Gasteiger partial charge in [-0.3, -0.25) is 9.36 Å². The summed E-state index contributed by atoms with van der Waals surface area (Å²) in [4.78, 5) is 29.3. The zero-order valence-corrected chi connectivity index (χ0v) is 17.8. The van der Waals surface area contributed by atoms with Gasteiger partial charge < -0.3 is 4.74 Å². The number of fused-ring (bicyclic) bond motifs is 2. The van der Waals surface area contributed by atoms with Crippen LogP contribution in [-0.2, 0) is 11.3 Å². The molecular weight excluding hydrogens is 392 g/mol. The number of benzene rings is 1. The monoisotopic (exact) mass is 412 g/mol. The summed E-state index contributed by atoms with van der Waals surface area (Å²) in [6, 6.07) is 7.42. The first-order valence-electron chi connectivity index (χ1n) is 8.90. The highest BCUT2D eigenvalue weighted by molar-refractivity contribution is 7.99. The molecular formula is C20H20N4O2S2. The van der Waals surface area contributed by atoms with Crippen LogP contribution in [0.2, 0.25) is 0 Å². The van der Waals surface area contributed by atoms with Gasteiger partial charge in [0, 0.05) is 17.4 Å². The number of hydrogen-bond acceptors (Lipinski definition) is 7. The van der Waals surface area contributed by atoms with Crippen LogP contribution in [0.4, 0.5) is 0 Å². The molecule has 6 nitrogen and oxygen atoms in total. The average Bonchev–Trinajstić information content (AvgIpc) is 2.95. The van der Waals surface area contributed by atoms with Gasteiger partial charge in [0.1, 0.15) is 15.7 Å². The van der Waals surface area contributed by atoms with Gasteiger partial charge in [0.15, 0.2) is 5.16 Å². The van der Waals surface area contributed by atoms with Crippen molar-refractivity contribution in [1.82, 2.24) is 19.5 Å². The van der Waals surface area contributed by atoms with Gasteiger partial charge >= 0.3 is 0 Å². The van der Waals surface area contributed by atoms with Crippen molar-refractivity contribution >= 4 is 44.2 Å². The maximum Gasteiger partial charge on any atom is 0.262 e. The van der Waals surface area contributed by atoms with Gasteiger partial charge in [-0.25, -0.2) is 15.0 Å². The third-order valence-electron chi connectivity index (χ3n) is 4.64. The van der Waals surface area contributed by atoms with Gasteiger partial charge in [-0.1, -0.05) is 12.1 Å². The number of methoxy groups -OCH3 is 1. The fourth-order valence-electron chi connectivity index (χ4n) is 3.08. The highest BCUT2D eigenvalue weighted by Gasteiger charge is 2.18. The molecule has 0 radical (unpaired) electrons. The van der Waals surface area contributed by atoms with E-state index in [2.05, 4.69) is 23.8 Å². The number of para-hydroxylation sites is 1. The predicted octanol–water partition coefficient (Wildman–Crippen LogP) is 4.12. The molecule has 0 atom stereocenters. The molecule has 0 saturated carbocycles. The Balaban J connectivity index is 1.92. The fourth-order valence-corrected chi connectivity index (χ4v) is 5.35. The SMILES string of the molecule is COCCn1c(Sc2nc(C)nc3sc(C)c(C)c23)nc2ccccc2c1=O. The van der Waals surface area contributed by atoms with Crippen LogP contribution in [-0.4, -0.2) is 33.2 Å². The molecule has 0 aliphatic rings. The maximum atomic E-state index is 13.1. The molecule has 8 heteroatoms. The Labute approximate surface area is 170 Å². The molecule has 28 heavy (non-hydrogen) atoms. The van der Waals surface area contributed by atoms with Crippen LogP contribution in [0.1, 0.15) is 16.3 Å². The Hall–Kier alpha value is -2.29. The molecule has 1 aromatic carbocycles. The van der Waals surface area contributed by atoms with E-state index in [0.29, 0.717) is 35.0 Å². The molecule has 3 aromatic heterocycles. The third kappa shape index (κ3) is 3.32. The molecule has 0 amide bonds. The first-order chi connectivity index (χ1) is 13.5. The molecule has 0 bridgehead atoms. The van der Waals surface area contributed by atoms with E-state index < -0.39 is 0 Å². The molecule has 0 aliphatic carbocycles. The van der Waals surface area contributed by atoms with Crippen LogP contribution < -0.4 is 5.56 Å². The normalized spacial score (nSPS) is 11.6. The lowest BCUT2D eigenvalue weighted by Gasteiger charge is -2.13. The van der Waals surface area contributed by atoms with Crippen molar-refractivity contribution < 1.29 is 4.74 Å². The molecule has 4 rings (SSSR count). The van der Waals surface area contributed by atoms with E-state index >= 15 is 0 Å². The molecule has 0 aliphatic heterocycles. The molecule has 0 fully saturated rings. The number of hydrogen-bond donors (Lipinski definition) is 0. The Bertz CT molecular complexity index is 1250. The van der Waals surface area contributed by atoms with Crippen molar-refractivity contribution in [3.63, 3.8) is 0 Å². The summed E-state index contributed by atoms with van der Waals surface area (Å²) >= 11 is 3.08. The van der Waals surface area contributed by atoms with Crippen molar-refractivity contribution in [1.29, 1.82) is 0 Å². The number of aryl methyl sites for hydroxylation is 3. The smallest absolute Gasteiger partial charge is 0.262 e. The van der Waals surface area contributed by atoms with Crippen LogP contribution in [0.15, 0.2) is 39.2 Å². The summed E-state index contributed by atoms with van der Waals surface area (Å²) < 4.78 is 6.88. The fraction of sp³-hybridized carbons (Fsp3) is 0.300. The van der Waals surface area contributed by atoms with Gasteiger partial charge in [-0.2, -0.15) is 0 Å². The average molecular weight is 413 g/mol. The zero-order chi connectivity index (χ0) is 19.8. The van der Waals surface area contributed by atoms with Gasteiger partial charge in [0.2, 0.25) is 0 Å². The lowest BCUT2D eigenvalue weighted by Crippen LogP contribution is -2.25. The number of thiophene rings is 1. The summed E-state index contributed by atoms with van der Waals surface area (Å²) in [7, 11) is 1.63. The number of ether oxygens (including phenoxy) is 1. The van der Waals surface area contributed by atoms with Crippen LogP contribution in [0, 0.1) is 20.8 Å². The number of aromatic nitrogens is 4. The van der Waals surface area contributed by atoms with E-state index in [0.717, 1.165) is 15.2 Å². The highest BCUT2D eigenvalue weighted by Crippen LogP contribution is 2.37. The minimum Gasteiger partial charge on any atom is -0.383 e. The third-order valence-corrected chi connectivity index (χ3v) is 6.73. The minimum absolute atomic E-state index is 0.0645. The van der Waals surface area contributed by atoms with Crippen LogP contribution in [0.5, 0.6) is 0 Å². The summed E-state index contributed by atoms with van der Waals surface area (Å²) in [5.74, 6) is 0.711. The van der Waals surface area contributed by atoms with Crippen LogP contribution in [0.25, 0.3) is 21.1 Å². The Morgan fingerprint density at radius 3 is 2.71 bits per heavy atom. The van der Waals surface area contributed by atoms with Gasteiger partial charge in [-0.15, -0.1) is 11.3 Å². The second kappa shape index (κ2) is 7.62. The zero-order valence-electron chi connectivity index (χ0n) is 16.1. The molecule has 0 unspecified atom stereocenters. The second-order valence-electron chi connectivity index (χ2n) is 6.50.